The van der Waals surface area contributed by atoms with Crippen LogP contribution in [-0.4, -0.2) is 32.3 Å². The molecule has 2 aromatic rings. The summed E-state index contributed by atoms with van der Waals surface area (Å²) in [6.45, 7) is 14.9. The zero-order valence-corrected chi connectivity index (χ0v) is 17.9. The number of carboxylic acid groups (broad SMARTS) is 1. The SMILES string of the molecule is C=C/C(O)=C(C=C)/C(C=C)=C/C=C/c1cc2nc(OC(C)CCC(=O)O)[nH]c2cc1C. The molecule has 1 aromatic carbocycles. The standard InChI is InChI=1S/C25H28N2O4/c1-6-18(20(7-2)23(28)8-3)10-9-11-19-15-22-21(14-16(19)4)26-25(27-22)31-17(5)12-13-24(29)30/h6-11,14-15,17,28H,1-3,12-13H2,4-5H3,(H,26,27)(H,29,30)/b11-9+,18-10+,23-20-. The van der Waals surface area contributed by atoms with Gasteiger partial charge in [0.2, 0.25) is 0 Å². The number of nitrogens with one attached hydrogen (secondary N) is 1. The number of hydrogen-bond acceptors (Lipinski definition) is 4. The molecule has 1 unspecified atom stereocenters. The smallest absolute Gasteiger partial charge is 0.303 e. The van der Waals surface area contributed by atoms with E-state index < -0.39 is 5.97 Å². The lowest BCUT2D eigenvalue weighted by atomic mass is 10.0. The number of nitrogens with zero attached hydrogens (tertiary/aromatic N) is 1. The summed E-state index contributed by atoms with van der Waals surface area (Å²) >= 11 is 0. The maximum absolute atomic E-state index is 10.7. The molecular formula is C25H28N2O4. The van der Waals surface area contributed by atoms with Crippen LogP contribution in [0.25, 0.3) is 17.1 Å². The average molecular weight is 421 g/mol. The van der Waals surface area contributed by atoms with Crippen LogP contribution in [0.2, 0.25) is 0 Å². The molecule has 3 N–H and O–H groups in total. The monoisotopic (exact) mass is 420 g/mol. The van der Waals surface area contributed by atoms with Crippen molar-refractivity contribution in [1.82, 2.24) is 9.97 Å². The van der Waals surface area contributed by atoms with Crippen molar-refractivity contribution in [1.29, 1.82) is 0 Å². The predicted octanol–water partition coefficient (Wildman–Crippen LogP) is 5.81. The van der Waals surface area contributed by atoms with E-state index >= 15 is 0 Å². The van der Waals surface area contributed by atoms with E-state index in [9.17, 15) is 9.90 Å². The number of benzene rings is 1. The summed E-state index contributed by atoms with van der Waals surface area (Å²) in [7, 11) is 0. The van der Waals surface area contributed by atoms with E-state index in [-0.39, 0.29) is 18.3 Å². The molecule has 0 saturated heterocycles. The highest BCUT2D eigenvalue weighted by Crippen LogP contribution is 2.23. The van der Waals surface area contributed by atoms with Gasteiger partial charge in [0.1, 0.15) is 5.76 Å². The van der Waals surface area contributed by atoms with Gasteiger partial charge in [0.15, 0.2) is 0 Å². The van der Waals surface area contributed by atoms with Crippen LogP contribution < -0.4 is 4.74 Å². The highest BCUT2D eigenvalue weighted by Gasteiger charge is 2.11. The molecule has 0 spiro atoms. The van der Waals surface area contributed by atoms with Gasteiger partial charge in [0.25, 0.3) is 6.01 Å². The summed E-state index contributed by atoms with van der Waals surface area (Å²) in [6, 6.07) is 4.29. The zero-order valence-electron chi connectivity index (χ0n) is 17.9. The van der Waals surface area contributed by atoms with E-state index in [1.54, 1.807) is 12.2 Å². The second-order valence-electron chi connectivity index (χ2n) is 7.02. The number of rotatable bonds is 11. The van der Waals surface area contributed by atoms with Crippen molar-refractivity contribution in [3.05, 3.63) is 90.3 Å². The number of carboxylic acids is 1. The molecule has 0 radical (unpaired) electrons. The highest BCUT2D eigenvalue weighted by molar-refractivity contribution is 5.80. The molecule has 0 aliphatic heterocycles. The Kier molecular flexibility index (Phi) is 8.20. The van der Waals surface area contributed by atoms with Crippen LogP contribution in [0, 0.1) is 6.92 Å². The summed E-state index contributed by atoms with van der Waals surface area (Å²) in [5.41, 5.74) is 4.86. The highest BCUT2D eigenvalue weighted by atomic mass is 16.5. The number of aryl methyl sites for hydroxylation is 1. The number of allylic oxidation sites excluding steroid dienone is 7. The van der Waals surface area contributed by atoms with Crippen LogP contribution in [0.1, 0.15) is 30.9 Å². The number of aliphatic hydroxyl groups is 1. The molecule has 2 rings (SSSR count). The lowest BCUT2D eigenvalue weighted by Crippen LogP contribution is -2.14. The summed E-state index contributed by atoms with van der Waals surface area (Å²) < 4.78 is 5.71. The van der Waals surface area contributed by atoms with Crippen LogP contribution in [0.3, 0.4) is 0 Å². The van der Waals surface area contributed by atoms with Crippen molar-refractivity contribution in [2.45, 2.75) is 32.8 Å². The minimum atomic E-state index is -0.851. The molecule has 1 heterocycles. The fourth-order valence-corrected chi connectivity index (χ4v) is 2.97. The van der Waals surface area contributed by atoms with Crippen molar-refractivity contribution >= 4 is 23.1 Å². The van der Waals surface area contributed by atoms with Gasteiger partial charge in [-0.15, -0.1) is 0 Å². The third kappa shape index (κ3) is 6.34. The van der Waals surface area contributed by atoms with Crippen molar-refractivity contribution in [3.8, 4) is 6.01 Å². The summed E-state index contributed by atoms with van der Waals surface area (Å²) in [4.78, 5) is 18.3. The van der Waals surface area contributed by atoms with Gasteiger partial charge in [0, 0.05) is 12.0 Å². The molecule has 0 aliphatic carbocycles. The van der Waals surface area contributed by atoms with Crippen molar-refractivity contribution in [2.75, 3.05) is 0 Å². The molecule has 0 saturated carbocycles. The maximum atomic E-state index is 10.7. The Morgan fingerprint density at radius 2 is 1.97 bits per heavy atom. The largest absolute Gasteiger partial charge is 0.507 e. The van der Waals surface area contributed by atoms with E-state index in [4.69, 9.17) is 9.84 Å². The molecule has 1 atom stereocenters. The number of aromatic amines is 1. The van der Waals surface area contributed by atoms with Crippen molar-refractivity contribution < 1.29 is 19.7 Å². The van der Waals surface area contributed by atoms with E-state index in [2.05, 4.69) is 29.7 Å². The van der Waals surface area contributed by atoms with E-state index in [1.807, 2.05) is 44.2 Å². The van der Waals surface area contributed by atoms with Gasteiger partial charge in [-0.05, 0) is 55.2 Å². The summed E-state index contributed by atoms with van der Waals surface area (Å²) in [5, 5.41) is 18.7. The van der Waals surface area contributed by atoms with Gasteiger partial charge in [-0.2, -0.15) is 4.98 Å². The van der Waals surface area contributed by atoms with Crippen molar-refractivity contribution in [3.63, 3.8) is 0 Å². The molecule has 0 amide bonds. The molecule has 31 heavy (non-hydrogen) atoms. The Balaban J connectivity index is 2.25. The fourth-order valence-electron chi connectivity index (χ4n) is 2.97. The number of aromatic nitrogens is 2. The Labute approximate surface area is 182 Å². The number of fused-ring (bicyclic) bond motifs is 1. The average Bonchev–Trinajstić information content (AvgIpc) is 3.11. The van der Waals surface area contributed by atoms with Crippen LogP contribution in [0.4, 0.5) is 0 Å². The first kappa shape index (κ1) is 23.5. The number of aliphatic hydroxyl groups excluding tert-OH is 1. The topological polar surface area (TPSA) is 95.4 Å². The number of hydrogen-bond donors (Lipinski definition) is 3. The Morgan fingerprint density at radius 3 is 2.58 bits per heavy atom. The van der Waals surface area contributed by atoms with Gasteiger partial charge in [-0.1, -0.05) is 50.1 Å². The maximum Gasteiger partial charge on any atom is 0.303 e. The van der Waals surface area contributed by atoms with Gasteiger partial charge in [0.05, 0.1) is 17.1 Å². The molecule has 0 bridgehead atoms. The van der Waals surface area contributed by atoms with Gasteiger partial charge < -0.3 is 19.9 Å². The quantitative estimate of drug-likeness (QED) is 0.315. The van der Waals surface area contributed by atoms with Crippen LogP contribution >= 0.6 is 0 Å². The number of ether oxygens (including phenoxy) is 1. The minimum absolute atomic E-state index is 0.0359. The van der Waals surface area contributed by atoms with E-state index in [0.717, 1.165) is 22.2 Å². The Morgan fingerprint density at radius 1 is 1.23 bits per heavy atom. The first-order chi connectivity index (χ1) is 14.8. The number of imidazole rings is 1. The van der Waals surface area contributed by atoms with Gasteiger partial charge in [-0.25, -0.2) is 0 Å². The predicted molar refractivity (Wildman–Crippen MR) is 125 cm³/mol. The Bertz CT molecular complexity index is 1090. The third-order valence-electron chi connectivity index (χ3n) is 4.68. The van der Waals surface area contributed by atoms with E-state index in [1.165, 1.54) is 6.08 Å². The molecule has 0 fully saturated rings. The second kappa shape index (κ2) is 10.8. The number of H-pyrrole nitrogens is 1. The fraction of sp³-hybridized carbons (Fsp3) is 0.200. The van der Waals surface area contributed by atoms with E-state index in [0.29, 0.717) is 23.6 Å². The molecule has 6 heteroatoms. The van der Waals surface area contributed by atoms with Gasteiger partial charge in [-0.3, -0.25) is 4.79 Å². The van der Waals surface area contributed by atoms with Crippen LogP contribution in [0.15, 0.2) is 79.2 Å². The number of aliphatic carboxylic acids is 1. The Hall–Kier alpha value is -3.80. The third-order valence-corrected chi connectivity index (χ3v) is 4.68. The minimum Gasteiger partial charge on any atom is -0.507 e. The second-order valence-corrected chi connectivity index (χ2v) is 7.02. The lowest BCUT2D eigenvalue weighted by Gasteiger charge is -2.10. The van der Waals surface area contributed by atoms with Crippen molar-refractivity contribution in [2.24, 2.45) is 0 Å². The molecule has 6 nitrogen and oxygen atoms in total. The normalized spacial score (nSPS) is 13.7. The number of carbonyl (C=O) groups is 1. The zero-order chi connectivity index (χ0) is 23.0. The molecule has 0 aliphatic rings. The molecular weight excluding hydrogens is 392 g/mol. The first-order valence-corrected chi connectivity index (χ1v) is 9.87. The molecule has 1 aromatic heterocycles. The lowest BCUT2D eigenvalue weighted by molar-refractivity contribution is -0.137. The van der Waals surface area contributed by atoms with Crippen LogP contribution in [-0.2, 0) is 4.79 Å². The van der Waals surface area contributed by atoms with Crippen LogP contribution in [0.5, 0.6) is 6.01 Å². The summed E-state index contributed by atoms with van der Waals surface area (Å²) in [5.74, 6) is -0.815. The van der Waals surface area contributed by atoms with Gasteiger partial charge >= 0.3 is 5.97 Å². The molecule has 162 valence electrons. The summed E-state index contributed by atoms with van der Waals surface area (Å²) in [6.07, 6.45) is 10.4. The first-order valence-electron chi connectivity index (χ1n) is 9.87.